The van der Waals surface area contributed by atoms with Gasteiger partial charge in [-0.1, -0.05) is 13.8 Å². The van der Waals surface area contributed by atoms with E-state index in [-0.39, 0.29) is 6.10 Å². The molecule has 14 heavy (non-hydrogen) atoms. The van der Waals surface area contributed by atoms with Gasteiger partial charge < -0.3 is 9.84 Å². The molecular formula is C11H20O3. The number of ether oxygens (including phenoxy) is 1. The van der Waals surface area contributed by atoms with Crippen LogP contribution in [-0.2, 0) is 9.53 Å². The molecular weight excluding hydrogens is 180 g/mol. The molecule has 0 saturated heterocycles. The Hall–Kier alpha value is -0.570. The van der Waals surface area contributed by atoms with Gasteiger partial charge in [-0.25, -0.2) is 4.79 Å². The normalized spacial score (nSPS) is 35.2. The van der Waals surface area contributed by atoms with Crippen molar-refractivity contribution >= 4 is 5.97 Å². The van der Waals surface area contributed by atoms with Crippen molar-refractivity contribution in [2.75, 3.05) is 0 Å². The molecule has 3 nitrogen and oxygen atoms in total. The lowest BCUT2D eigenvalue weighted by Gasteiger charge is -2.32. The van der Waals surface area contributed by atoms with Crippen LogP contribution in [0.1, 0.15) is 40.0 Å². The Morgan fingerprint density at radius 1 is 1.29 bits per heavy atom. The van der Waals surface area contributed by atoms with E-state index < -0.39 is 12.1 Å². The highest BCUT2D eigenvalue weighted by atomic mass is 16.5. The summed E-state index contributed by atoms with van der Waals surface area (Å²) in [5.41, 5.74) is 0. The summed E-state index contributed by atoms with van der Waals surface area (Å²) in [5.74, 6) is 0.449. The number of hydrogen-bond donors (Lipinski definition) is 1. The molecule has 1 aliphatic rings. The van der Waals surface area contributed by atoms with Crippen LogP contribution in [0, 0.1) is 11.8 Å². The van der Waals surface area contributed by atoms with Gasteiger partial charge in [0.2, 0.25) is 0 Å². The van der Waals surface area contributed by atoms with Gasteiger partial charge in [0.25, 0.3) is 0 Å². The predicted molar refractivity (Wildman–Crippen MR) is 54.1 cm³/mol. The SMILES string of the molecule is CC1CC(C)CC(O[C@H](C)C(=O)O)C1. The summed E-state index contributed by atoms with van der Waals surface area (Å²) in [6.07, 6.45) is 2.71. The standard InChI is InChI=1S/C11H20O3/c1-7-4-8(2)6-10(5-7)14-9(3)11(12)13/h7-10H,4-6H2,1-3H3,(H,12,13)/t7?,8?,9-,10?/m1/s1. The molecule has 0 bridgehead atoms. The van der Waals surface area contributed by atoms with Crippen LogP contribution in [0.4, 0.5) is 0 Å². The highest BCUT2D eigenvalue weighted by Gasteiger charge is 2.27. The van der Waals surface area contributed by atoms with E-state index >= 15 is 0 Å². The Bertz CT molecular complexity index is 193. The number of rotatable bonds is 3. The zero-order valence-electron chi connectivity index (χ0n) is 9.19. The van der Waals surface area contributed by atoms with E-state index in [1.165, 1.54) is 6.42 Å². The summed E-state index contributed by atoms with van der Waals surface area (Å²) in [6, 6.07) is 0. The van der Waals surface area contributed by atoms with E-state index in [0.29, 0.717) is 11.8 Å². The fraction of sp³-hybridized carbons (Fsp3) is 0.909. The fourth-order valence-electron chi connectivity index (χ4n) is 2.33. The molecule has 0 aromatic heterocycles. The summed E-state index contributed by atoms with van der Waals surface area (Å²) in [6.45, 7) is 6.02. The maximum absolute atomic E-state index is 10.6. The number of hydrogen-bond acceptors (Lipinski definition) is 2. The van der Waals surface area contributed by atoms with Crippen molar-refractivity contribution in [3.8, 4) is 0 Å². The van der Waals surface area contributed by atoms with Gasteiger partial charge in [-0.2, -0.15) is 0 Å². The van der Waals surface area contributed by atoms with E-state index in [1.54, 1.807) is 6.92 Å². The third-order valence-electron chi connectivity index (χ3n) is 2.88. The Labute approximate surface area is 85.5 Å². The van der Waals surface area contributed by atoms with Gasteiger partial charge in [-0.05, 0) is 38.0 Å². The summed E-state index contributed by atoms with van der Waals surface area (Å²) in [4.78, 5) is 10.6. The van der Waals surface area contributed by atoms with Crippen LogP contribution in [0.3, 0.4) is 0 Å². The van der Waals surface area contributed by atoms with Crippen LogP contribution < -0.4 is 0 Å². The molecule has 0 radical (unpaired) electrons. The second kappa shape index (κ2) is 4.78. The van der Waals surface area contributed by atoms with Crippen molar-refractivity contribution in [3.63, 3.8) is 0 Å². The van der Waals surface area contributed by atoms with Crippen molar-refractivity contribution in [1.29, 1.82) is 0 Å². The van der Waals surface area contributed by atoms with Crippen LogP contribution in [0.2, 0.25) is 0 Å². The average Bonchev–Trinajstić information content (AvgIpc) is 2.01. The largest absolute Gasteiger partial charge is 0.479 e. The van der Waals surface area contributed by atoms with Gasteiger partial charge in [-0.15, -0.1) is 0 Å². The van der Waals surface area contributed by atoms with E-state index in [2.05, 4.69) is 13.8 Å². The maximum Gasteiger partial charge on any atom is 0.332 e. The molecule has 0 amide bonds. The minimum atomic E-state index is -0.865. The highest BCUT2D eigenvalue weighted by molar-refractivity contribution is 5.71. The first kappa shape index (κ1) is 11.5. The first-order valence-corrected chi connectivity index (χ1v) is 5.37. The Morgan fingerprint density at radius 3 is 2.21 bits per heavy atom. The summed E-state index contributed by atoms with van der Waals surface area (Å²) < 4.78 is 5.49. The molecule has 0 heterocycles. The van der Waals surface area contributed by atoms with Crippen LogP contribution >= 0.6 is 0 Å². The van der Waals surface area contributed by atoms with E-state index in [9.17, 15) is 4.79 Å². The van der Waals surface area contributed by atoms with E-state index in [0.717, 1.165) is 12.8 Å². The lowest BCUT2D eigenvalue weighted by molar-refractivity contribution is -0.155. The third kappa shape index (κ3) is 3.29. The van der Waals surface area contributed by atoms with Gasteiger partial charge in [0.1, 0.15) is 0 Å². The maximum atomic E-state index is 10.6. The molecule has 0 spiro atoms. The molecule has 3 atom stereocenters. The second-order valence-electron chi connectivity index (χ2n) is 4.66. The molecule has 1 saturated carbocycles. The van der Waals surface area contributed by atoms with Crippen LogP contribution in [0.25, 0.3) is 0 Å². The van der Waals surface area contributed by atoms with Crippen LogP contribution in [0.15, 0.2) is 0 Å². The summed E-state index contributed by atoms with van der Waals surface area (Å²) >= 11 is 0. The number of aliphatic carboxylic acids is 1. The van der Waals surface area contributed by atoms with Gasteiger partial charge in [0.05, 0.1) is 6.10 Å². The number of carbonyl (C=O) groups is 1. The monoisotopic (exact) mass is 200 g/mol. The molecule has 1 rings (SSSR count). The average molecular weight is 200 g/mol. The third-order valence-corrected chi connectivity index (χ3v) is 2.88. The Kier molecular flexibility index (Phi) is 3.93. The fourth-order valence-corrected chi connectivity index (χ4v) is 2.33. The molecule has 2 unspecified atom stereocenters. The molecule has 1 N–H and O–H groups in total. The van der Waals surface area contributed by atoms with Crippen molar-refractivity contribution in [1.82, 2.24) is 0 Å². The van der Waals surface area contributed by atoms with Crippen molar-refractivity contribution in [3.05, 3.63) is 0 Å². The van der Waals surface area contributed by atoms with Crippen LogP contribution in [-0.4, -0.2) is 23.3 Å². The van der Waals surface area contributed by atoms with Gasteiger partial charge >= 0.3 is 5.97 Å². The topological polar surface area (TPSA) is 46.5 Å². The first-order chi connectivity index (χ1) is 6.49. The van der Waals surface area contributed by atoms with Gasteiger partial charge in [0, 0.05) is 0 Å². The molecule has 3 heteroatoms. The zero-order chi connectivity index (χ0) is 10.7. The van der Waals surface area contributed by atoms with E-state index in [1.807, 2.05) is 0 Å². The predicted octanol–water partition coefficient (Wildman–Crippen LogP) is 2.30. The second-order valence-corrected chi connectivity index (χ2v) is 4.66. The summed E-state index contributed by atoms with van der Waals surface area (Å²) in [7, 11) is 0. The van der Waals surface area contributed by atoms with Crippen molar-refractivity contribution in [2.24, 2.45) is 11.8 Å². The Balaban J connectivity index is 2.40. The lowest BCUT2D eigenvalue weighted by Crippen LogP contribution is -2.32. The zero-order valence-corrected chi connectivity index (χ0v) is 9.19. The van der Waals surface area contributed by atoms with Crippen molar-refractivity contribution in [2.45, 2.75) is 52.2 Å². The summed E-state index contributed by atoms with van der Waals surface area (Å²) in [5, 5.41) is 8.72. The highest BCUT2D eigenvalue weighted by Crippen LogP contribution is 2.30. The molecule has 0 aliphatic heterocycles. The van der Waals surface area contributed by atoms with Gasteiger partial charge in [-0.3, -0.25) is 0 Å². The molecule has 0 aromatic carbocycles. The quantitative estimate of drug-likeness (QED) is 0.760. The van der Waals surface area contributed by atoms with Gasteiger partial charge in [0.15, 0.2) is 6.10 Å². The number of carboxylic acids is 1. The van der Waals surface area contributed by atoms with Crippen molar-refractivity contribution < 1.29 is 14.6 Å². The smallest absolute Gasteiger partial charge is 0.332 e. The minimum absolute atomic E-state index is 0.139. The molecule has 0 aromatic rings. The van der Waals surface area contributed by atoms with E-state index in [4.69, 9.17) is 9.84 Å². The molecule has 82 valence electrons. The molecule has 1 aliphatic carbocycles. The Morgan fingerprint density at radius 2 is 1.79 bits per heavy atom. The first-order valence-electron chi connectivity index (χ1n) is 5.37. The minimum Gasteiger partial charge on any atom is -0.479 e. The van der Waals surface area contributed by atoms with Crippen LogP contribution in [0.5, 0.6) is 0 Å². The lowest BCUT2D eigenvalue weighted by atomic mass is 9.82. The number of carboxylic acid groups (broad SMARTS) is 1. The molecule has 1 fully saturated rings.